The van der Waals surface area contributed by atoms with Crippen LogP contribution in [0.1, 0.15) is 22.5 Å². The summed E-state index contributed by atoms with van der Waals surface area (Å²) in [6, 6.07) is 11.7. The van der Waals surface area contributed by atoms with Gasteiger partial charge in [-0.15, -0.1) is 0 Å². The summed E-state index contributed by atoms with van der Waals surface area (Å²) in [5, 5.41) is 7.62. The summed E-state index contributed by atoms with van der Waals surface area (Å²) in [6.45, 7) is 3.56. The second-order valence-electron chi connectivity index (χ2n) is 6.98. The van der Waals surface area contributed by atoms with Crippen LogP contribution >= 0.6 is 23.2 Å². The van der Waals surface area contributed by atoms with Crippen LogP contribution < -0.4 is 10.7 Å². The molecule has 0 fully saturated rings. The fourth-order valence-electron chi connectivity index (χ4n) is 3.15. The number of hydrogen-bond acceptors (Lipinski definition) is 3. The summed E-state index contributed by atoms with van der Waals surface area (Å²) in [5.74, 6) is -0.506. The number of anilines is 1. The predicted octanol–water partition coefficient (Wildman–Crippen LogP) is 5.98. The van der Waals surface area contributed by atoms with Gasteiger partial charge in [0.2, 0.25) is 0 Å². The smallest absolute Gasteiger partial charge is 0.376 e. The van der Waals surface area contributed by atoms with Gasteiger partial charge in [0.25, 0.3) is 5.91 Å². The molecule has 0 saturated carbocycles. The van der Waals surface area contributed by atoms with Crippen molar-refractivity contribution in [3.63, 3.8) is 0 Å². The molecular formula is C22H19Cl2F3N4O. The zero-order chi connectivity index (χ0) is 23.5. The number of carbonyl (C=O) groups is 1. The SMILES string of the molecule is Cc1cc(/C=N\NC(=O)CNc2cccc(C(F)(F)F)c2)c(C)n1-c1ccc(Cl)cc1Cl. The van der Waals surface area contributed by atoms with E-state index in [9.17, 15) is 18.0 Å². The molecule has 32 heavy (non-hydrogen) atoms. The van der Waals surface area contributed by atoms with Gasteiger partial charge in [-0.25, -0.2) is 5.43 Å². The van der Waals surface area contributed by atoms with Crippen LogP contribution in [0.3, 0.4) is 0 Å². The van der Waals surface area contributed by atoms with E-state index in [0.29, 0.717) is 10.0 Å². The number of aryl methyl sites for hydroxylation is 1. The number of hydrazone groups is 1. The van der Waals surface area contributed by atoms with E-state index < -0.39 is 17.6 Å². The number of nitrogens with zero attached hydrogens (tertiary/aromatic N) is 2. The molecule has 0 unspecified atom stereocenters. The average molecular weight is 483 g/mol. The summed E-state index contributed by atoms with van der Waals surface area (Å²) < 4.78 is 40.2. The van der Waals surface area contributed by atoms with E-state index in [2.05, 4.69) is 15.8 Å². The Morgan fingerprint density at radius 2 is 1.88 bits per heavy atom. The summed E-state index contributed by atoms with van der Waals surface area (Å²) in [4.78, 5) is 12.0. The molecule has 168 valence electrons. The van der Waals surface area contributed by atoms with Gasteiger partial charge in [-0.2, -0.15) is 18.3 Å². The predicted molar refractivity (Wildman–Crippen MR) is 121 cm³/mol. The van der Waals surface area contributed by atoms with Crippen LogP contribution in [0.5, 0.6) is 0 Å². The molecule has 0 atom stereocenters. The Labute approximate surface area is 192 Å². The summed E-state index contributed by atoms with van der Waals surface area (Å²) in [7, 11) is 0. The highest BCUT2D eigenvalue weighted by Gasteiger charge is 2.30. The van der Waals surface area contributed by atoms with E-state index in [1.807, 2.05) is 30.5 Å². The van der Waals surface area contributed by atoms with Crippen LogP contribution in [0.2, 0.25) is 10.0 Å². The lowest BCUT2D eigenvalue weighted by Crippen LogP contribution is -2.26. The Kier molecular flexibility index (Phi) is 7.16. The van der Waals surface area contributed by atoms with Gasteiger partial charge < -0.3 is 9.88 Å². The molecule has 1 heterocycles. The van der Waals surface area contributed by atoms with Gasteiger partial charge in [0.05, 0.1) is 29.0 Å². The number of rotatable bonds is 6. The molecular weight excluding hydrogens is 464 g/mol. The number of amides is 1. The first-order valence-electron chi connectivity index (χ1n) is 9.43. The van der Waals surface area contributed by atoms with Crippen molar-refractivity contribution in [3.8, 4) is 5.69 Å². The van der Waals surface area contributed by atoms with E-state index in [1.54, 1.807) is 12.1 Å². The Bertz CT molecular complexity index is 1170. The van der Waals surface area contributed by atoms with Gasteiger partial charge >= 0.3 is 6.18 Å². The Balaban J connectivity index is 1.63. The number of carbonyl (C=O) groups excluding carboxylic acids is 1. The van der Waals surface area contributed by atoms with Gasteiger partial charge in [0.1, 0.15) is 0 Å². The third-order valence-electron chi connectivity index (χ3n) is 4.66. The molecule has 0 spiro atoms. The largest absolute Gasteiger partial charge is 0.416 e. The minimum Gasteiger partial charge on any atom is -0.376 e. The molecule has 0 saturated heterocycles. The lowest BCUT2D eigenvalue weighted by Gasteiger charge is -2.11. The second kappa shape index (κ2) is 9.67. The maximum Gasteiger partial charge on any atom is 0.416 e. The van der Waals surface area contributed by atoms with Crippen molar-refractivity contribution < 1.29 is 18.0 Å². The van der Waals surface area contributed by atoms with Crippen LogP contribution in [-0.2, 0) is 11.0 Å². The highest BCUT2D eigenvalue weighted by molar-refractivity contribution is 6.35. The van der Waals surface area contributed by atoms with Crippen molar-refractivity contribution in [2.45, 2.75) is 20.0 Å². The number of hydrogen-bond donors (Lipinski definition) is 2. The summed E-state index contributed by atoms with van der Waals surface area (Å²) >= 11 is 12.3. The number of nitrogens with one attached hydrogen (secondary N) is 2. The van der Waals surface area contributed by atoms with Gasteiger partial charge in [0.15, 0.2) is 0 Å². The summed E-state index contributed by atoms with van der Waals surface area (Å²) in [5.41, 5.74) is 5.03. The number of halogens is 5. The van der Waals surface area contributed by atoms with Gasteiger partial charge in [-0.1, -0.05) is 29.3 Å². The lowest BCUT2D eigenvalue weighted by molar-refractivity contribution is -0.137. The van der Waals surface area contributed by atoms with E-state index in [-0.39, 0.29) is 12.2 Å². The van der Waals surface area contributed by atoms with Crippen LogP contribution in [-0.4, -0.2) is 23.2 Å². The molecule has 0 bridgehead atoms. The Morgan fingerprint density at radius 1 is 1.12 bits per heavy atom. The third-order valence-corrected chi connectivity index (χ3v) is 5.19. The number of benzene rings is 2. The topological polar surface area (TPSA) is 58.4 Å². The number of alkyl halides is 3. The molecule has 0 radical (unpaired) electrons. The van der Waals surface area contributed by atoms with Crippen molar-refractivity contribution in [3.05, 3.63) is 81.1 Å². The molecule has 3 aromatic rings. The highest BCUT2D eigenvalue weighted by Crippen LogP contribution is 2.31. The van der Waals surface area contributed by atoms with Crippen molar-refractivity contribution in [2.24, 2.45) is 5.10 Å². The lowest BCUT2D eigenvalue weighted by atomic mass is 10.2. The molecule has 10 heteroatoms. The maximum absolute atomic E-state index is 12.8. The van der Waals surface area contributed by atoms with Crippen LogP contribution in [0.25, 0.3) is 5.69 Å². The van der Waals surface area contributed by atoms with E-state index in [4.69, 9.17) is 23.2 Å². The maximum atomic E-state index is 12.8. The Morgan fingerprint density at radius 3 is 2.56 bits per heavy atom. The number of aromatic nitrogens is 1. The highest BCUT2D eigenvalue weighted by atomic mass is 35.5. The second-order valence-corrected chi connectivity index (χ2v) is 7.83. The average Bonchev–Trinajstić information content (AvgIpc) is 2.99. The van der Waals surface area contributed by atoms with Crippen molar-refractivity contribution in [1.29, 1.82) is 0 Å². The zero-order valence-corrected chi connectivity index (χ0v) is 18.6. The monoisotopic (exact) mass is 482 g/mol. The van der Waals surface area contributed by atoms with Crippen LogP contribution in [0.15, 0.2) is 53.6 Å². The fourth-order valence-corrected chi connectivity index (χ4v) is 3.65. The third kappa shape index (κ3) is 5.63. The first-order chi connectivity index (χ1) is 15.1. The van der Waals surface area contributed by atoms with Crippen LogP contribution in [0, 0.1) is 13.8 Å². The van der Waals surface area contributed by atoms with Crippen molar-refractivity contribution in [2.75, 3.05) is 11.9 Å². The first kappa shape index (κ1) is 23.7. The van der Waals surface area contributed by atoms with Gasteiger partial charge in [0, 0.05) is 27.7 Å². The zero-order valence-electron chi connectivity index (χ0n) is 17.1. The first-order valence-corrected chi connectivity index (χ1v) is 10.2. The molecule has 0 aliphatic carbocycles. The van der Waals surface area contributed by atoms with Gasteiger partial charge in [-0.3, -0.25) is 4.79 Å². The van der Waals surface area contributed by atoms with E-state index in [1.165, 1.54) is 18.3 Å². The van der Waals surface area contributed by atoms with Crippen molar-refractivity contribution >= 4 is 41.0 Å². The fraction of sp³-hybridized carbons (Fsp3) is 0.182. The normalized spacial score (nSPS) is 11.7. The van der Waals surface area contributed by atoms with Crippen LogP contribution in [0.4, 0.5) is 18.9 Å². The van der Waals surface area contributed by atoms with E-state index >= 15 is 0 Å². The molecule has 2 aromatic carbocycles. The molecule has 0 aliphatic heterocycles. The quantitative estimate of drug-likeness (QED) is 0.335. The minimum atomic E-state index is -4.45. The molecule has 0 aliphatic rings. The standard InChI is InChI=1S/C22H19Cl2F3N4O/c1-13-8-15(14(2)31(13)20-7-6-17(23)10-19(20)24)11-29-30-21(32)12-28-18-5-3-4-16(9-18)22(25,26)27/h3-11,28H,12H2,1-2H3,(H,30,32)/b29-11-. The van der Waals surface area contributed by atoms with Gasteiger partial charge in [-0.05, 0) is 56.3 Å². The minimum absolute atomic E-state index is 0.183. The Hall–Kier alpha value is -2.97. The molecule has 1 aromatic heterocycles. The molecule has 3 rings (SSSR count). The molecule has 1 amide bonds. The molecule has 5 nitrogen and oxygen atoms in total. The van der Waals surface area contributed by atoms with Crippen molar-refractivity contribution in [1.82, 2.24) is 9.99 Å². The van der Waals surface area contributed by atoms with E-state index in [0.717, 1.165) is 34.8 Å². The summed E-state index contributed by atoms with van der Waals surface area (Å²) in [6.07, 6.45) is -2.96. The molecule has 2 N–H and O–H groups in total.